The van der Waals surface area contributed by atoms with E-state index >= 15 is 0 Å². The van der Waals surface area contributed by atoms with Crippen molar-refractivity contribution in [3.05, 3.63) is 34.9 Å². The van der Waals surface area contributed by atoms with Gasteiger partial charge in [-0.1, -0.05) is 23.8 Å². The van der Waals surface area contributed by atoms with E-state index in [-0.39, 0.29) is 25.1 Å². The van der Waals surface area contributed by atoms with Gasteiger partial charge >= 0.3 is 0 Å². The molecule has 3 N–H and O–H groups in total. The van der Waals surface area contributed by atoms with Crippen molar-refractivity contribution in [2.75, 3.05) is 6.61 Å². The standard InChI is InChI=1S/C11H17NO.ClH/c1-8-3-4-9(2)10(7-8)11(12)5-6-13;/h3-4,7,11,13H,5-6,12H2,1-2H3;1H/t11-;/m1./s1. The summed E-state index contributed by atoms with van der Waals surface area (Å²) in [7, 11) is 0. The molecule has 2 nitrogen and oxygen atoms in total. The molecule has 14 heavy (non-hydrogen) atoms. The minimum Gasteiger partial charge on any atom is -0.396 e. The van der Waals surface area contributed by atoms with Gasteiger partial charge in [0.1, 0.15) is 0 Å². The molecule has 0 saturated heterocycles. The molecule has 0 unspecified atom stereocenters. The maximum absolute atomic E-state index is 8.78. The monoisotopic (exact) mass is 215 g/mol. The summed E-state index contributed by atoms with van der Waals surface area (Å²) < 4.78 is 0. The van der Waals surface area contributed by atoms with Crippen LogP contribution in [-0.4, -0.2) is 11.7 Å². The number of aliphatic hydroxyl groups is 1. The predicted octanol–water partition coefficient (Wildman–Crippen LogP) is 2.11. The van der Waals surface area contributed by atoms with Gasteiger partial charge in [-0.05, 0) is 31.4 Å². The first kappa shape index (κ1) is 13.4. The maximum atomic E-state index is 8.78. The molecule has 1 atom stereocenters. The van der Waals surface area contributed by atoms with Crippen LogP contribution < -0.4 is 5.73 Å². The van der Waals surface area contributed by atoms with Crippen LogP contribution in [0.1, 0.15) is 29.2 Å². The Morgan fingerprint density at radius 2 is 2.00 bits per heavy atom. The topological polar surface area (TPSA) is 46.2 Å². The summed E-state index contributed by atoms with van der Waals surface area (Å²) in [5.41, 5.74) is 9.48. The smallest absolute Gasteiger partial charge is 0.0449 e. The molecule has 0 heterocycles. The first-order chi connectivity index (χ1) is 6.15. The fraction of sp³-hybridized carbons (Fsp3) is 0.455. The summed E-state index contributed by atoms with van der Waals surface area (Å²) in [5.74, 6) is 0. The minimum absolute atomic E-state index is 0. The third-order valence-corrected chi connectivity index (χ3v) is 2.27. The summed E-state index contributed by atoms with van der Waals surface area (Å²) in [6.07, 6.45) is 0.629. The molecule has 1 rings (SSSR count). The SMILES string of the molecule is Cc1ccc(C)c([C@H](N)CCO)c1.Cl. The number of hydrogen-bond donors (Lipinski definition) is 2. The molecule has 0 amide bonds. The molecule has 0 fully saturated rings. The Hall–Kier alpha value is -0.570. The van der Waals surface area contributed by atoms with Crippen LogP contribution in [0.3, 0.4) is 0 Å². The number of hydrogen-bond acceptors (Lipinski definition) is 2. The molecule has 80 valence electrons. The van der Waals surface area contributed by atoms with Crippen molar-refractivity contribution in [3.63, 3.8) is 0 Å². The molecule has 3 heteroatoms. The van der Waals surface area contributed by atoms with E-state index in [9.17, 15) is 0 Å². The van der Waals surface area contributed by atoms with E-state index < -0.39 is 0 Å². The molecule has 0 aliphatic heterocycles. The highest BCUT2D eigenvalue weighted by atomic mass is 35.5. The van der Waals surface area contributed by atoms with Gasteiger partial charge in [0, 0.05) is 12.6 Å². The van der Waals surface area contributed by atoms with E-state index in [1.54, 1.807) is 0 Å². The Balaban J connectivity index is 0.00000169. The predicted molar refractivity (Wildman–Crippen MR) is 61.8 cm³/mol. The molecule has 0 radical (unpaired) electrons. The van der Waals surface area contributed by atoms with Gasteiger partial charge in [0.25, 0.3) is 0 Å². The van der Waals surface area contributed by atoms with Gasteiger partial charge in [0.05, 0.1) is 0 Å². The van der Waals surface area contributed by atoms with Crippen LogP contribution in [0.25, 0.3) is 0 Å². The summed E-state index contributed by atoms with van der Waals surface area (Å²) in [6.45, 7) is 4.25. The largest absolute Gasteiger partial charge is 0.396 e. The Morgan fingerprint density at radius 1 is 1.36 bits per heavy atom. The van der Waals surface area contributed by atoms with E-state index in [1.807, 2.05) is 6.92 Å². The van der Waals surface area contributed by atoms with Crippen LogP contribution in [0.2, 0.25) is 0 Å². The lowest BCUT2D eigenvalue weighted by molar-refractivity contribution is 0.276. The molecular weight excluding hydrogens is 198 g/mol. The Labute approximate surface area is 91.5 Å². The van der Waals surface area contributed by atoms with Crippen molar-refractivity contribution in [1.82, 2.24) is 0 Å². The lowest BCUT2D eigenvalue weighted by Crippen LogP contribution is -2.13. The number of nitrogens with two attached hydrogens (primary N) is 1. The van der Waals surface area contributed by atoms with Gasteiger partial charge in [-0.25, -0.2) is 0 Å². The zero-order valence-electron chi connectivity index (χ0n) is 8.66. The highest BCUT2D eigenvalue weighted by Gasteiger charge is 2.07. The van der Waals surface area contributed by atoms with E-state index in [0.717, 1.165) is 5.56 Å². The van der Waals surface area contributed by atoms with Gasteiger partial charge in [0.15, 0.2) is 0 Å². The fourth-order valence-corrected chi connectivity index (χ4v) is 1.45. The molecule has 1 aromatic rings. The first-order valence-corrected chi connectivity index (χ1v) is 4.58. The molecule has 0 aliphatic carbocycles. The lowest BCUT2D eigenvalue weighted by Gasteiger charge is -2.14. The molecule has 0 aliphatic rings. The van der Waals surface area contributed by atoms with Crippen LogP contribution in [0.15, 0.2) is 18.2 Å². The van der Waals surface area contributed by atoms with E-state index in [1.165, 1.54) is 11.1 Å². The molecular formula is C11H18ClNO. The van der Waals surface area contributed by atoms with Gasteiger partial charge in [-0.3, -0.25) is 0 Å². The van der Waals surface area contributed by atoms with Crippen LogP contribution in [-0.2, 0) is 0 Å². The van der Waals surface area contributed by atoms with Crippen LogP contribution in [0, 0.1) is 13.8 Å². The third-order valence-electron chi connectivity index (χ3n) is 2.27. The average Bonchev–Trinajstić information content (AvgIpc) is 2.09. The third kappa shape index (κ3) is 3.29. The molecule has 1 aromatic carbocycles. The van der Waals surface area contributed by atoms with Crippen LogP contribution >= 0.6 is 12.4 Å². The quantitative estimate of drug-likeness (QED) is 0.812. The zero-order valence-corrected chi connectivity index (χ0v) is 9.47. The molecule has 0 spiro atoms. The summed E-state index contributed by atoms with van der Waals surface area (Å²) in [5, 5.41) is 8.78. The highest BCUT2D eigenvalue weighted by Crippen LogP contribution is 2.19. The van der Waals surface area contributed by atoms with Gasteiger partial charge in [0.2, 0.25) is 0 Å². The Bertz CT molecular complexity index is 289. The number of aliphatic hydroxyl groups excluding tert-OH is 1. The van der Waals surface area contributed by atoms with Crippen molar-refractivity contribution in [2.45, 2.75) is 26.3 Å². The lowest BCUT2D eigenvalue weighted by atomic mass is 9.98. The first-order valence-electron chi connectivity index (χ1n) is 4.58. The van der Waals surface area contributed by atoms with Crippen molar-refractivity contribution in [3.8, 4) is 0 Å². The van der Waals surface area contributed by atoms with Gasteiger partial charge < -0.3 is 10.8 Å². The number of rotatable bonds is 3. The number of benzene rings is 1. The molecule has 0 saturated carbocycles. The average molecular weight is 216 g/mol. The summed E-state index contributed by atoms with van der Waals surface area (Å²) >= 11 is 0. The normalized spacial score (nSPS) is 12.0. The van der Waals surface area contributed by atoms with E-state index in [0.29, 0.717) is 6.42 Å². The van der Waals surface area contributed by atoms with E-state index in [4.69, 9.17) is 10.8 Å². The summed E-state index contributed by atoms with van der Waals surface area (Å²) in [6, 6.07) is 6.20. The second kappa shape index (κ2) is 6.02. The van der Waals surface area contributed by atoms with Crippen LogP contribution in [0.5, 0.6) is 0 Å². The van der Waals surface area contributed by atoms with Crippen molar-refractivity contribution in [1.29, 1.82) is 0 Å². The number of aryl methyl sites for hydroxylation is 2. The second-order valence-electron chi connectivity index (χ2n) is 3.48. The molecule has 0 aromatic heterocycles. The van der Waals surface area contributed by atoms with Gasteiger partial charge in [-0.2, -0.15) is 0 Å². The van der Waals surface area contributed by atoms with Gasteiger partial charge in [-0.15, -0.1) is 12.4 Å². The minimum atomic E-state index is -0.0371. The molecule has 0 bridgehead atoms. The van der Waals surface area contributed by atoms with Crippen molar-refractivity contribution < 1.29 is 5.11 Å². The second-order valence-corrected chi connectivity index (χ2v) is 3.48. The fourth-order valence-electron chi connectivity index (χ4n) is 1.45. The van der Waals surface area contributed by atoms with Crippen LogP contribution in [0.4, 0.5) is 0 Å². The number of halogens is 1. The highest BCUT2D eigenvalue weighted by molar-refractivity contribution is 5.85. The Kier molecular flexibility index (Phi) is 5.77. The zero-order chi connectivity index (χ0) is 9.84. The maximum Gasteiger partial charge on any atom is 0.0449 e. The van der Waals surface area contributed by atoms with Crippen molar-refractivity contribution in [2.24, 2.45) is 5.73 Å². The van der Waals surface area contributed by atoms with E-state index in [2.05, 4.69) is 25.1 Å². The summed E-state index contributed by atoms with van der Waals surface area (Å²) in [4.78, 5) is 0. The Morgan fingerprint density at radius 3 is 2.57 bits per heavy atom. The van der Waals surface area contributed by atoms with Crippen molar-refractivity contribution >= 4 is 12.4 Å².